The number of hydrogen-bond donors (Lipinski definition) is 0. The first-order valence-corrected chi connectivity index (χ1v) is 5.75. The van der Waals surface area contributed by atoms with E-state index in [2.05, 4.69) is 46.9 Å². The molecule has 0 saturated heterocycles. The lowest BCUT2D eigenvalue weighted by Crippen LogP contribution is -2.06. The molecule has 2 rings (SSSR count). The van der Waals surface area contributed by atoms with Gasteiger partial charge in [-0.1, -0.05) is 15.9 Å². The van der Waals surface area contributed by atoms with Gasteiger partial charge in [-0.2, -0.15) is 4.99 Å². The Balaban J connectivity index is 2.57. The van der Waals surface area contributed by atoms with Crippen molar-refractivity contribution in [2.75, 3.05) is 0 Å². The van der Waals surface area contributed by atoms with Crippen LogP contribution < -0.4 is 0 Å². The molecule has 2 nitrogen and oxygen atoms in total. The highest BCUT2D eigenvalue weighted by Gasteiger charge is 2.46. The van der Waals surface area contributed by atoms with Crippen LogP contribution in [0, 0.1) is 13.8 Å². The lowest BCUT2D eigenvalue weighted by Gasteiger charge is -2.14. The molecule has 15 heavy (non-hydrogen) atoms. The topological polar surface area (TPSA) is 29.4 Å². The van der Waals surface area contributed by atoms with Gasteiger partial charge in [0, 0.05) is 4.47 Å². The highest BCUT2D eigenvalue weighted by molar-refractivity contribution is 9.10. The van der Waals surface area contributed by atoms with E-state index in [1.807, 2.05) is 0 Å². The van der Waals surface area contributed by atoms with Crippen molar-refractivity contribution in [3.8, 4) is 0 Å². The van der Waals surface area contributed by atoms with Crippen molar-refractivity contribution in [2.45, 2.75) is 32.2 Å². The molecule has 0 heterocycles. The summed E-state index contributed by atoms with van der Waals surface area (Å²) in [6.45, 7) is 4.15. The summed E-state index contributed by atoms with van der Waals surface area (Å²) in [4.78, 5) is 14.4. The van der Waals surface area contributed by atoms with Crippen LogP contribution in [0.4, 0.5) is 0 Å². The van der Waals surface area contributed by atoms with E-state index in [1.54, 1.807) is 6.08 Å². The molecular formula is C12H12BrNO. The molecule has 0 amide bonds. The summed E-state index contributed by atoms with van der Waals surface area (Å²) < 4.78 is 1.05. The fourth-order valence-corrected chi connectivity index (χ4v) is 2.52. The lowest BCUT2D eigenvalue weighted by molar-refractivity contribution is 0.556. The maximum absolute atomic E-state index is 10.4. The van der Waals surface area contributed by atoms with Crippen LogP contribution in [0.3, 0.4) is 0 Å². The van der Waals surface area contributed by atoms with Gasteiger partial charge in [0.2, 0.25) is 6.08 Å². The molecule has 1 aromatic rings. The predicted molar refractivity (Wildman–Crippen MR) is 62.6 cm³/mol. The number of aliphatic imine (C=N–C) groups is 1. The number of benzene rings is 1. The molecule has 1 saturated carbocycles. The highest BCUT2D eigenvalue weighted by atomic mass is 79.9. The molecule has 0 unspecified atom stereocenters. The molecule has 1 aliphatic carbocycles. The average Bonchev–Trinajstić information content (AvgIpc) is 2.93. The molecule has 1 aromatic carbocycles. The van der Waals surface area contributed by atoms with Gasteiger partial charge in [-0.3, -0.25) is 0 Å². The van der Waals surface area contributed by atoms with Crippen LogP contribution in [0.1, 0.15) is 29.5 Å². The van der Waals surface area contributed by atoms with Crippen molar-refractivity contribution in [3.63, 3.8) is 0 Å². The zero-order chi connectivity index (χ0) is 11.1. The fraction of sp³-hybridized carbons (Fsp3) is 0.417. The minimum Gasteiger partial charge on any atom is -0.211 e. The summed E-state index contributed by atoms with van der Waals surface area (Å²) in [6.07, 6.45) is 3.61. The van der Waals surface area contributed by atoms with E-state index in [9.17, 15) is 4.79 Å². The number of hydrogen-bond acceptors (Lipinski definition) is 2. The van der Waals surface area contributed by atoms with Gasteiger partial charge < -0.3 is 0 Å². The Morgan fingerprint density at radius 1 is 1.40 bits per heavy atom. The SMILES string of the molecule is Cc1cc(Br)cc(C2(N=C=O)CC2)c1C. The smallest absolute Gasteiger partial charge is 0.211 e. The first kappa shape index (κ1) is 10.6. The second kappa shape index (κ2) is 3.58. The fourth-order valence-electron chi connectivity index (χ4n) is 1.95. The van der Waals surface area contributed by atoms with Gasteiger partial charge in [0.05, 0.1) is 5.54 Å². The van der Waals surface area contributed by atoms with E-state index in [4.69, 9.17) is 0 Å². The Morgan fingerprint density at radius 3 is 2.60 bits per heavy atom. The van der Waals surface area contributed by atoms with E-state index in [1.165, 1.54) is 11.1 Å². The number of aryl methyl sites for hydroxylation is 1. The first-order valence-electron chi connectivity index (χ1n) is 4.95. The standard InChI is InChI=1S/C12H12BrNO/c1-8-5-10(13)6-11(9(8)2)12(3-4-12)14-7-15/h5-6H,3-4H2,1-2H3. The minimum absolute atomic E-state index is 0.264. The molecule has 0 aliphatic heterocycles. The third-order valence-corrected chi connectivity index (χ3v) is 3.57. The number of carbonyl (C=O) groups excluding carboxylic acids is 1. The Labute approximate surface area is 97.5 Å². The first-order chi connectivity index (χ1) is 7.09. The molecule has 0 aromatic heterocycles. The van der Waals surface area contributed by atoms with Gasteiger partial charge in [-0.05, 0) is 55.5 Å². The highest BCUT2D eigenvalue weighted by Crippen LogP contribution is 2.51. The second-order valence-electron chi connectivity index (χ2n) is 4.13. The predicted octanol–water partition coefficient (Wildman–Crippen LogP) is 3.39. The number of nitrogens with zero attached hydrogens (tertiary/aromatic N) is 1. The van der Waals surface area contributed by atoms with Crippen LogP contribution in [0.25, 0.3) is 0 Å². The van der Waals surface area contributed by atoms with Crippen molar-refractivity contribution in [1.29, 1.82) is 0 Å². The van der Waals surface area contributed by atoms with Crippen LogP contribution in [-0.4, -0.2) is 6.08 Å². The van der Waals surface area contributed by atoms with Gasteiger partial charge in [0.25, 0.3) is 0 Å². The molecule has 0 N–H and O–H groups in total. The lowest BCUT2D eigenvalue weighted by atomic mass is 9.96. The van der Waals surface area contributed by atoms with E-state index >= 15 is 0 Å². The van der Waals surface area contributed by atoms with Gasteiger partial charge in [-0.15, -0.1) is 0 Å². The van der Waals surface area contributed by atoms with Gasteiger partial charge in [0.1, 0.15) is 0 Å². The normalized spacial score (nSPS) is 17.0. The van der Waals surface area contributed by atoms with E-state index in [0.29, 0.717) is 0 Å². The summed E-state index contributed by atoms with van der Waals surface area (Å²) in [5.74, 6) is 0. The molecular weight excluding hydrogens is 254 g/mol. The van der Waals surface area contributed by atoms with E-state index in [0.717, 1.165) is 22.9 Å². The quantitative estimate of drug-likeness (QED) is 0.596. The van der Waals surface area contributed by atoms with Crippen LogP contribution in [0.5, 0.6) is 0 Å². The Kier molecular flexibility index (Phi) is 2.53. The Bertz CT molecular complexity index is 457. The third-order valence-electron chi connectivity index (χ3n) is 3.12. The van der Waals surface area contributed by atoms with Crippen molar-refractivity contribution in [2.24, 2.45) is 4.99 Å². The zero-order valence-corrected chi connectivity index (χ0v) is 10.4. The summed E-state index contributed by atoms with van der Waals surface area (Å²) in [5, 5.41) is 0. The molecule has 1 fully saturated rings. The Hall–Kier alpha value is -0.920. The third kappa shape index (κ3) is 1.77. The van der Waals surface area contributed by atoms with Crippen molar-refractivity contribution in [1.82, 2.24) is 0 Å². The molecule has 0 spiro atoms. The minimum atomic E-state index is -0.264. The number of isocyanates is 1. The monoisotopic (exact) mass is 265 g/mol. The van der Waals surface area contributed by atoms with E-state index < -0.39 is 0 Å². The molecule has 3 heteroatoms. The molecule has 0 radical (unpaired) electrons. The van der Waals surface area contributed by atoms with Crippen LogP contribution >= 0.6 is 15.9 Å². The van der Waals surface area contributed by atoms with Crippen LogP contribution in [0.2, 0.25) is 0 Å². The van der Waals surface area contributed by atoms with E-state index in [-0.39, 0.29) is 5.54 Å². The summed E-state index contributed by atoms with van der Waals surface area (Å²) >= 11 is 3.48. The van der Waals surface area contributed by atoms with Gasteiger partial charge >= 0.3 is 0 Å². The average molecular weight is 266 g/mol. The molecule has 0 bridgehead atoms. The van der Waals surface area contributed by atoms with Crippen molar-refractivity contribution >= 4 is 22.0 Å². The van der Waals surface area contributed by atoms with Crippen LogP contribution in [0.15, 0.2) is 21.6 Å². The van der Waals surface area contributed by atoms with Gasteiger partial charge in [0.15, 0.2) is 0 Å². The van der Waals surface area contributed by atoms with Crippen molar-refractivity contribution < 1.29 is 4.79 Å². The van der Waals surface area contributed by atoms with Crippen LogP contribution in [-0.2, 0) is 10.3 Å². The summed E-state index contributed by atoms with van der Waals surface area (Å²) in [5.41, 5.74) is 3.36. The maximum atomic E-state index is 10.4. The second-order valence-corrected chi connectivity index (χ2v) is 5.05. The van der Waals surface area contributed by atoms with Gasteiger partial charge in [-0.25, -0.2) is 4.79 Å². The summed E-state index contributed by atoms with van der Waals surface area (Å²) in [6, 6.07) is 4.15. The molecule has 0 atom stereocenters. The summed E-state index contributed by atoms with van der Waals surface area (Å²) in [7, 11) is 0. The maximum Gasteiger partial charge on any atom is 0.235 e. The Morgan fingerprint density at radius 2 is 2.07 bits per heavy atom. The molecule has 1 aliphatic rings. The largest absolute Gasteiger partial charge is 0.235 e. The van der Waals surface area contributed by atoms with Crippen molar-refractivity contribution in [3.05, 3.63) is 33.3 Å². The molecule has 78 valence electrons. The number of halogens is 1. The zero-order valence-electron chi connectivity index (χ0n) is 8.80. The number of rotatable bonds is 2.